The van der Waals surface area contributed by atoms with E-state index in [9.17, 15) is 5.26 Å². The molecule has 4 nitrogen and oxygen atoms in total. The second-order valence-electron chi connectivity index (χ2n) is 6.72. The van der Waals surface area contributed by atoms with E-state index in [0.29, 0.717) is 18.2 Å². The van der Waals surface area contributed by atoms with Gasteiger partial charge in [-0.15, -0.1) is 0 Å². The van der Waals surface area contributed by atoms with E-state index in [1.807, 2.05) is 6.92 Å². The maximum absolute atomic E-state index is 9.31. The maximum atomic E-state index is 9.31. The first-order valence-electron chi connectivity index (χ1n) is 7.91. The second kappa shape index (κ2) is 7.97. The van der Waals surface area contributed by atoms with Crippen molar-refractivity contribution in [1.82, 2.24) is 10.2 Å². The van der Waals surface area contributed by atoms with Gasteiger partial charge in [0.2, 0.25) is 0 Å². The third kappa shape index (κ3) is 6.21. The molecule has 0 radical (unpaired) electrons. The predicted molar refractivity (Wildman–Crippen MR) is 82.6 cm³/mol. The molecule has 0 saturated carbocycles. The Labute approximate surface area is 124 Å². The first-order chi connectivity index (χ1) is 9.34. The van der Waals surface area contributed by atoms with Gasteiger partial charge < -0.3 is 4.74 Å². The van der Waals surface area contributed by atoms with E-state index in [1.165, 1.54) is 0 Å². The van der Waals surface area contributed by atoms with Crippen LogP contribution in [0.5, 0.6) is 0 Å². The number of nitriles is 1. The number of nitrogens with zero attached hydrogens (tertiary/aromatic N) is 2. The van der Waals surface area contributed by atoms with Crippen LogP contribution in [0, 0.1) is 11.3 Å². The van der Waals surface area contributed by atoms with Crippen molar-refractivity contribution in [3.63, 3.8) is 0 Å². The maximum Gasteiger partial charge on any atom is 0.104 e. The third-order valence-electron chi connectivity index (χ3n) is 3.75. The van der Waals surface area contributed by atoms with E-state index >= 15 is 0 Å². The molecule has 0 bridgehead atoms. The van der Waals surface area contributed by atoms with Gasteiger partial charge in [0, 0.05) is 19.1 Å². The van der Waals surface area contributed by atoms with Gasteiger partial charge in [-0.2, -0.15) is 5.26 Å². The zero-order valence-corrected chi connectivity index (χ0v) is 13.8. The van der Waals surface area contributed by atoms with Crippen LogP contribution in [0.4, 0.5) is 0 Å². The molecule has 1 saturated heterocycles. The van der Waals surface area contributed by atoms with Crippen molar-refractivity contribution in [2.45, 2.75) is 77.7 Å². The van der Waals surface area contributed by atoms with E-state index in [0.717, 1.165) is 38.9 Å². The van der Waals surface area contributed by atoms with Crippen LogP contribution in [0.2, 0.25) is 0 Å². The number of nitrogens with one attached hydrogen (secondary N) is 1. The lowest BCUT2D eigenvalue weighted by molar-refractivity contribution is -0.0682. The summed E-state index contributed by atoms with van der Waals surface area (Å²) in [6.07, 6.45) is 3.83. The molecular formula is C16H31N3O. The summed E-state index contributed by atoms with van der Waals surface area (Å²) in [5.41, 5.74) is -0.389. The van der Waals surface area contributed by atoms with Crippen LogP contribution in [0.1, 0.15) is 53.9 Å². The Morgan fingerprint density at radius 3 is 2.40 bits per heavy atom. The summed E-state index contributed by atoms with van der Waals surface area (Å²) in [6, 6.07) is 2.77. The Bertz CT molecular complexity index is 316. The number of rotatable bonds is 7. The van der Waals surface area contributed by atoms with Crippen LogP contribution in [0.25, 0.3) is 0 Å². The van der Waals surface area contributed by atoms with Gasteiger partial charge in [-0.3, -0.25) is 10.2 Å². The summed E-state index contributed by atoms with van der Waals surface area (Å²) in [5.74, 6) is 0. The van der Waals surface area contributed by atoms with Crippen LogP contribution in [-0.2, 0) is 4.74 Å². The molecular weight excluding hydrogens is 250 g/mol. The summed E-state index contributed by atoms with van der Waals surface area (Å²) >= 11 is 0. The second-order valence-corrected chi connectivity index (χ2v) is 6.72. The average molecular weight is 281 g/mol. The molecule has 0 aliphatic carbocycles. The smallest absolute Gasteiger partial charge is 0.104 e. The first-order valence-corrected chi connectivity index (χ1v) is 7.91. The van der Waals surface area contributed by atoms with Gasteiger partial charge in [0.25, 0.3) is 0 Å². The number of morpholine rings is 1. The zero-order chi connectivity index (χ0) is 15.2. The average Bonchev–Trinajstić information content (AvgIpc) is 2.33. The molecule has 1 aliphatic heterocycles. The molecule has 4 heteroatoms. The molecule has 1 rings (SSSR count). The minimum absolute atomic E-state index is 0.339. The van der Waals surface area contributed by atoms with E-state index < -0.39 is 0 Å². The molecule has 1 aliphatic rings. The number of ether oxygens (including phenoxy) is 1. The van der Waals surface area contributed by atoms with Gasteiger partial charge in [-0.25, -0.2) is 0 Å². The Morgan fingerprint density at radius 2 is 1.90 bits per heavy atom. The van der Waals surface area contributed by atoms with Crippen LogP contribution < -0.4 is 5.32 Å². The van der Waals surface area contributed by atoms with Crippen molar-refractivity contribution >= 4 is 0 Å². The van der Waals surface area contributed by atoms with E-state index in [4.69, 9.17) is 4.74 Å². The van der Waals surface area contributed by atoms with Crippen LogP contribution >= 0.6 is 0 Å². The molecule has 0 aromatic rings. The molecule has 20 heavy (non-hydrogen) atoms. The minimum Gasteiger partial charge on any atom is -0.373 e. The van der Waals surface area contributed by atoms with Crippen molar-refractivity contribution in [3.8, 4) is 6.07 Å². The topological polar surface area (TPSA) is 48.3 Å². The third-order valence-corrected chi connectivity index (χ3v) is 3.75. The Hall–Kier alpha value is -0.630. The Balaban J connectivity index is 2.25. The van der Waals surface area contributed by atoms with Crippen molar-refractivity contribution in [2.24, 2.45) is 0 Å². The molecule has 1 fully saturated rings. The molecule has 0 spiro atoms. The van der Waals surface area contributed by atoms with Crippen molar-refractivity contribution in [2.75, 3.05) is 19.6 Å². The highest BCUT2D eigenvalue weighted by atomic mass is 16.5. The van der Waals surface area contributed by atoms with E-state index in [1.54, 1.807) is 0 Å². The molecule has 1 N–H and O–H groups in total. The normalized spacial score (nSPS) is 27.2. The highest BCUT2D eigenvalue weighted by Crippen LogP contribution is 2.16. The summed E-state index contributed by atoms with van der Waals surface area (Å²) in [6.45, 7) is 13.6. The monoisotopic (exact) mass is 281 g/mol. The first kappa shape index (κ1) is 17.4. The van der Waals surface area contributed by atoms with Gasteiger partial charge in [0.1, 0.15) is 5.54 Å². The van der Waals surface area contributed by atoms with E-state index in [2.05, 4.69) is 44.0 Å². The fourth-order valence-electron chi connectivity index (χ4n) is 3.08. The summed E-state index contributed by atoms with van der Waals surface area (Å²) < 4.78 is 5.74. The summed E-state index contributed by atoms with van der Waals surface area (Å²) in [5, 5.41) is 12.7. The lowest BCUT2D eigenvalue weighted by Crippen LogP contribution is -2.46. The fraction of sp³-hybridized carbons (Fsp3) is 0.938. The lowest BCUT2D eigenvalue weighted by atomic mass is 9.95. The summed E-state index contributed by atoms with van der Waals surface area (Å²) in [4.78, 5) is 2.48. The lowest BCUT2D eigenvalue weighted by Gasteiger charge is -2.35. The number of unbranched alkanes of at least 4 members (excludes halogenated alkanes) is 1. The van der Waals surface area contributed by atoms with Crippen LogP contribution in [0.3, 0.4) is 0 Å². The quantitative estimate of drug-likeness (QED) is 0.729. The van der Waals surface area contributed by atoms with E-state index in [-0.39, 0.29) is 5.54 Å². The van der Waals surface area contributed by atoms with Gasteiger partial charge >= 0.3 is 0 Å². The van der Waals surface area contributed by atoms with Gasteiger partial charge in [-0.05, 0) is 60.4 Å². The van der Waals surface area contributed by atoms with Crippen LogP contribution in [0.15, 0.2) is 0 Å². The molecule has 1 unspecified atom stereocenters. The molecule has 0 aromatic carbocycles. The fourth-order valence-corrected chi connectivity index (χ4v) is 3.08. The standard InChI is InChI=1S/C16H31N3O/c1-13(2)18-16(5,12-17)8-6-7-9-19-10-14(3)20-15(4)11-19/h13-15,18H,6-11H2,1-5H3/t14-,15+,16?. The number of hydrogen-bond donors (Lipinski definition) is 1. The summed E-state index contributed by atoms with van der Waals surface area (Å²) in [7, 11) is 0. The Morgan fingerprint density at radius 1 is 1.30 bits per heavy atom. The minimum atomic E-state index is -0.389. The van der Waals surface area contributed by atoms with Gasteiger partial charge in [0.05, 0.1) is 18.3 Å². The van der Waals surface area contributed by atoms with Crippen molar-refractivity contribution in [1.29, 1.82) is 5.26 Å². The van der Waals surface area contributed by atoms with Crippen molar-refractivity contribution < 1.29 is 4.74 Å². The highest BCUT2D eigenvalue weighted by molar-refractivity contribution is 5.04. The van der Waals surface area contributed by atoms with Crippen molar-refractivity contribution in [3.05, 3.63) is 0 Å². The SMILES string of the molecule is CC(C)NC(C)(C#N)CCCCN1C[C@@H](C)O[C@@H](C)C1. The molecule has 116 valence electrons. The van der Waals surface area contributed by atoms with Gasteiger partial charge in [-0.1, -0.05) is 0 Å². The molecule has 1 heterocycles. The van der Waals surface area contributed by atoms with Crippen LogP contribution in [-0.4, -0.2) is 48.3 Å². The van der Waals surface area contributed by atoms with Gasteiger partial charge in [0.15, 0.2) is 0 Å². The molecule has 3 atom stereocenters. The molecule has 0 aromatic heterocycles. The zero-order valence-electron chi connectivity index (χ0n) is 13.8. The largest absolute Gasteiger partial charge is 0.373 e. The number of hydrogen-bond acceptors (Lipinski definition) is 4. The highest BCUT2D eigenvalue weighted by Gasteiger charge is 2.25. The predicted octanol–water partition coefficient (Wildman–Crippen LogP) is 2.55. The molecule has 0 amide bonds. The Kier molecular flexibility index (Phi) is 6.94.